The number of Topliss-reactive ketones (excluding diaryl/α,β-unsaturated/α-hetero) is 1. The molecular weight excluding hydrogens is 392 g/mol. The fourth-order valence-corrected chi connectivity index (χ4v) is 4.01. The van der Waals surface area contributed by atoms with E-state index in [1.54, 1.807) is 18.2 Å². The Balaban J connectivity index is 1.84. The summed E-state index contributed by atoms with van der Waals surface area (Å²) < 4.78 is 33.4. The van der Waals surface area contributed by atoms with Crippen molar-refractivity contribution in [1.82, 2.24) is 9.29 Å². The lowest BCUT2D eigenvalue weighted by molar-refractivity contribution is -0.142. The summed E-state index contributed by atoms with van der Waals surface area (Å²) in [6.07, 6.45) is -0.205. The summed E-state index contributed by atoms with van der Waals surface area (Å²) in [5, 5.41) is 0.0895. The van der Waals surface area contributed by atoms with E-state index in [1.165, 1.54) is 12.1 Å². The van der Waals surface area contributed by atoms with Crippen molar-refractivity contribution in [2.24, 2.45) is 7.05 Å². The fourth-order valence-electron chi connectivity index (χ4n) is 2.46. The Morgan fingerprint density at radius 3 is 2.48 bits per heavy atom. The first-order valence-electron chi connectivity index (χ1n) is 8.19. The van der Waals surface area contributed by atoms with Crippen molar-refractivity contribution < 1.29 is 22.7 Å². The highest BCUT2D eigenvalue weighted by Gasteiger charge is 2.19. The molecule has 2 aromatic rings. The summed E-state index contributed by atoms with van der Waals surface area (Å²) in [6, 6.07) is 7.73. The van der Waals surface area contributed by atoms with Crippen LogP contribution >= 0.6 is 11.6 Å². The second-order valence-electron chi connectivity index (χ2n) is 6.01. The summed E-state index contributed by atoms with van der Waals surface area (Å²) in [5.74, 6) is -0.975. The van der Waals surface area contributed by atoms with E-state index in [-0.39, 0.29) is 35.3 Å². The molecule has 27 heavy (non-hydrogen) atoms. The van der Waals surface area contributed by atoms with Gasteiger partial charge in [-0.25, -0.2) is 13.1 Å². The van der Waals surface area contributed by atoms with Crippen molar-refractivity contribution in [2.75, 3.05) is 13.2 Å². The van der Waals surface area contributed by atoms with E-state index in [1.807, 2.05) is 25.5 Å². The van der Waals surface area contributed by atoms with Gasteiger partial charge in [-0.15, -0.1) is 0 Å². The van der Waals surface area contributed by atoms with Gasteiger partial charge < -0.3 is 9.30 Å². The Kier molecular flexibility index (Phi) is 6.80. The lowest BCUT2D eigenvalue weighted by Crippen LogP contribution is -2.27. The molecule has 0 aliphatic heterocycles. The van der Waals surface area contributed by atoms with Gasteiger partial charge in [0.15, 0.2) is 6.61 Å². The van der Waals surface area contributed by atoms with Crippen LogP contribution in [-0.2, 0) is 26.6 Å². The molecule has 9 heteroatoms. The van der Waals surface area contributed by atoms with E-state index in [0.717, 1.165) is 11.4 Å². The van der Waals surface area contributed by atoms with Gasteiger partial charge in [0.25, 0.3) is 0 Å². The molecule has 1 heterocycles. The zero-order valence-corrected chi connectivity index (χ0v) is 16.9. The molecule has 0 spiro atoms. The van der Waals surface area contributed by atoms with Crippen LogP contribution in [-0.4, -0.2) is 37.9 Å². The van der Waals surface area contributed by atoms with Gasteiger partial charge in [0, 0.05) is 30.5 Å². The zero-order valence-electron chi connectivity index (χ0n) is 15.3. The number of ether oxygens (including phenoxy) is 1. The number of sulfonamides is 1. The van der Waals surface area contributed by atoms with E-state index >= 15 is 0 Å². The molecule has 7 nitrogen and oxygen atoms in total. The minimum atomic E-state index is -3.83. The van der Waals surface area contributed by atoms with Crippen LogP contribution in [0.15, 0.2) is 35.2 Å². The van der Waals surface area contributed by atoms with Gasteiger partial charge >= 0.3 is 5.97 Å². The number of benzene rings is 1. The van der Waals surface area contributed by atoms with Crippen LogP contribution in [0.3, 0.4) is 0 Å². The summed E-state index contributed by atoms with van der Waals surface area (Å²) in [6.45, 7) is 3.14. The Bertz CT molecular complexity index is 966. The summed E-state index contributed by atoms with van der Waals surface area (Å²) >= 11 is 5.87. The van der Waals surface area contributed by atoms with Crippen LogP contribution < -0.4 is 4.72 Å². The second-order valence-corrected chi connectivity index (χ2v) is 8.15. The fraction of sp³-hybridized carbons (Fsp3) is 0.333. The van der Waals surface area contributed by atoms with Crippen LogP contribution in [0.1, 0.15) is 28.2 Å². The number of halogens is 1. The third-order valence-corrected chi connectivity index (χ3v) is 6.15. The molecule has 0 unspecified atom stereocenters. The quantitative estimate of drug-likeness (QED) is 0.530. The first-order chi connectivity index (χ1) is 12.6. The van der Waals surface area contributed by atoms with E-state index in [0.29, 0.717) is 5.56 Å². The molecule has 0 saturated heterocycles. The Morgan fingerprint density at radius 1 is 1.22 bits per heavy atom. The minimum absolute atomic E-state index is 0.0647. The van der Waals surface area contributed by atoms with Gasteiger partial charge in [0.05, 0.1) is 11.4 Å². The van der Waals surface area contributed by atoms with Gasteiger partial charge in [-0.1, -0.05) is 23.7 Å². The molecule has 0 saturated carbocycles. The highest BCUT2D eigenvalue weighted by Crippen LogP contribution is 2.20. The standard InChI is InChI=1S/C18H21ClN2O5S/c1-12-10-14(13(2)21(12)3)16(22)11-26-18(23)8-9-20-27(24,25)17-7-5-4-6-15(17)19/h4-7,10,20H,8-9,11H2,1-3H3. The van der Waals surface area contributed by atoms with Crippen LogP contribution in [0.5, 0.6) is 0 Å². The van der Waals surface area contributed by atoms with Crippen molar-refractivity contribution >= 4 is 33.4 Å². The van der Waals surface area contributed by atoms with E-state index < -0.39 is 16.0 Å². The predicted molar refractivity (Wildman–Crippen MR) is 101 cm³/mol. The third kappa shape index (κ3) is 5.18. The molecule has 0 atom stereocenters. The average Bonchev–Trinajstić information content (AvgIpc) is 2.87. The monoisotopic (exact) mass is 412 g/mol. The molecule has 146 valence electrons. The van der Waals surface area contributed by atoms with E-state index in [9.17, 15) is 18.0 Å². The third-order valence-electron chi connectivity index (χ3n) is 4.19. The van der Waals surface area contributed by atoms with Gasteiger partial charge in [0.1, 0.15) is 4.90 Å². The maximum absolute atomic E-state index is 12.2. The number of carbonyl (C=O) groups excluding carboxylic acids is 2. The average molecular weight is 413 g/mol. The maximum atomic E-state index is 12.2. The maximum Gasteiger partial charge on any atom is 0.307 e. The Labute approximate surface area is 163 Å². The largest absolute Gasteiger partial charge is 0.457 e. The number of hydrogen-bond donors (Lipinski definition) is 1. The molecule has 0 fully saturated rings. The summed E-state index contributed by atoms with van der Waals surface area (Å²) in [4.78, 5) is 23.9. The number of hydrogen-bond acceptors (Lipinski definition) is 5. The molecular formula is C18H21ClN2O5S. The van der Waals surface area contributed by atoms with E-state index in [4.69, 9.17) is 16.3 Å². The molecule has 0 aliphatic carbocycles. The summed E-state index contributed by atoms with van der Waals surface area (Å²) in [5.41, 5.74) is 2.22. The molecule has 0 radical (unpaired) electrons. The SMILES string of the molecule is Cc1cc(C(=O)COC(=O)CCNS(=O)(=O)c2ccccc2Cl)c(C)n1C. The number of carbonyl (C=O) groups is 2. The molecule has 0 aliphatic rings. The first-order valence-corrected chi connectivity index (χ1v) is 10.1. The molecule has 1 aromatic carbocycles. The van der Waals surface area contributed by atoms with Crippen molar-refractivity contribution in [3.63, 3.8) is 0 Å². The highest BCUT2D eigenvalue weighted by atomic mass is 35.5. The van der Waals surface area contributed by atoms with Crippen molar-refractivity contribution in [2.45, 2.75) is 25.2 Å². The molecule has 0 amide bonds. The molecule has 1 aromatic heterocycles. The number of aromatic nitrogens is 1. The van der Waals surface area contributed by atoms with Gasteiger partial charge in [-0.3, -0.25) is 9.59 Å². The minimum Gasteiger partial charge on any atom is -0.457 e. The molecule has 0 bridgehead atoms. The lowest BCUT2D eigenvalue weighted by Gasteiger charge is -2.08. The molecule has 1 N–H and O–H groups in total. The van der Waals surface area contributed by atoms with Crippen LogP contribution in [0.4, 0.5) is 0 Å². The zero-order chi connectivity index (χ0) is 20.2. The topological polar surface area (TPSA) is 94.5 Å². The van der Waals surface area contributed by atoms with Crippen molar-refractivity contribution in [1.29, 1.82) is 0 Å². The number of nitrogens with one attached hydrogen (secondary N) is 1. The Morgan fingerprint density at radius 2 is 1.89 bits per heavy atom. The Hall–Kier alpha value is -2.16. The van der Waals surface area contributed by atoms with Gasteiger partial charge in [-0.2, -0.15) is 0 Å². The normalized spacial score (nSPS) is 11.4. The van der Waals surface area contributed by atoms with Crippen LogP contribution in [0, 0.1) is 13.8 Å². The second kappa shape index (κ2) is 8.69. The van der Waals surface area contributed by atoms with Crippen LogP contribution in [0.25, 0.3) is 0 Å². The molecule has 2 rings (SSSR count). The number of rotatable bonds is 8. The van der Waals surface area contributed by atoms with Gasteiger partial charge in [-0.05, 0) is 32.0 Å². The smallest absolute Gasteiger partial charge is 0.307 e. The predicted octanol–water partition coefficient (Wildman–Crippen LogP) is 2.39. The van der Waals surface area contributed by atoms with Crippen LogP contribution in [0.2, 0.25) is 5.02 Å². The van der Waals surface area contributed by atoms with E-state index in [2.05, 4.69) is 4.72 Å². The number of esters is 1. The number of aryl methyl sites for hydroxylation is 1. The number of ketones is 1. The van der Waals surface area contributed by atoms with Crippen molar-refractivity contribution in [3.05, 3.63) is 52.3 Å². The van der Waals surface area contributed by atoms with Crippen molar-refractivity contribution in [3.8, 4) is 0 Å². The number of nitrogens with zero attached hydrogens (tertiary/aromatic N) is 1. The highest BCUT2D eigenvalue weighted by molar-refractivity contribution is 7.89. The first kappa shape index (κ1) is 21.1. The summed E-state index contributed by atoms with van der Waals surface area (Å²) in [7, 11) is -1.98. The van der Waals surface area contributed by atoms with Gasteiger partial charge in [0.2, 0.25) is 15.8 Å². The lowest BCUT2D eigenvalue weighted by atomic mass is 10.1.